The maximum atomic E-state index is 14.5. The van der Waals surface area contributed by atoms with E-state index in [9.17, 15) is 9.59 Å². The summed E-state index contributed by atoms with van der Waals surface area (Å²) < 4.78 is 4.39. The number of benzene rings is 3. The molecule has 42 heavy (non-hydrogen) atoms. The molecule has 0 saturated carbocycles. The van der Waals surface area contributed by atoms with Gasteiger partial charge in [0.05, 0.1) is 25.7 Å². The molecule has 6 rings (SSSR count). The number of hydrogen-bond acceptors (Lipinski definition) is 5. The van der Waals surface area contributed by atoms with Crippen LogP contribution in [0.15, 0.2) is 90.0 Å². The Kier molecular flexibility index (Phi) is 8.86. The summed E-state index contributed by atoms with van der Waals surface area (Å²) in [6.45, 7) is 5.17. The van der Waals surface area contributed by atoms with E-state index in [0.717, 1.165) is 66.2 Å². The van der Waals surface area contributed by atoms with E-state index in [4.69, 9.17) is 16.3 Å². The van der Waals surface area contributed by atoms with Crippen LogP contribution in [0.2, 0.25) is 5.02 Å². The van der Waals surface area contributed by atoms with Crippen molar-refractivity contribution in [2.24, 2.45) is 0 Å². The van der Waals surface area contributed by atoms with E-state index in [1.165, 1.54) is 11.8 Å². The molecule has 3 aromatic carbocycles. The molecule has 2 unspecified atom stereocenters. The third-order valence-electron chi connectivity index (χ3n) is 8.12. The van der Waals surface area contributed by atoms with E-state index in [1.54, 1.807) is 0 Å². The molecule has 4 aromatic rings. The van der Waals surface area contributed by atoms with Crippen LogP contribution in [0, 0.1) is 0 Å². The van der Waals surface area contributed by atoms with Crippen molar-refractivity contribution >= 4 is 46.1 Å². The van der Waals surface area contributed by atoms with Crippen molar-refractivity contribution < 1.29 is 14.3 Å². The van der Waals surface area contributed by atoms with Crippen molar-refractivity contribution in [2.75, 3.05) is 39.4 Å². The van der Waals surface area contributed by atoms with E-state index < -0.39 is 10.8 Å². The normalized spacial score (nSPS) is 21.2. The van der Waals surface area contributed by atoms with Gasteiger partial charge in [0.25, 0.3) is 0 Å². The first-order chi connectivity index (χ1) is 20.5. The number of likely N-dealkylation sites (tertiary alicyclic amines) is 1. The lowest BCUT2D eigenvalue weighted by Crippen LogP contribution is -2.48. The summed E-state index contributed by atoms with van der Waals surface area (Å²) in [5.74, 6) is -0.158. The number of thioether (sulfide) groups is 1. The van der Waals surface area contributed by atoms with Crippen molar-refractivity contribution in [3.8, 4) is 0 Å². The molecule has 2 fully saturated rings. The number of aromatic amines is 1. The van der Waals surface area contributed by atoms with Gasteiger partial charge in [-0.2, -0.15) is 0 Å². The fraction of sp³-hybridized carbons (Fsp3) is 0.333. The van der Waals surface area contributed by atoms with Crippen LogP contribution in [-0.4, -0.2) is 70.7 Å². The number of amides is 2. The van der Waals surface area contributed by atoms with Crippen LogP contribution in [0.1, 0.15) is 30.0 Å². The number of ether oxygens (including phenoxy) is 1. The highest BCUT2D eigenvalue weighted by Gasteiger charge is 2.58. The van der Waals surface area contributed by atoms with E-state index in [-0.39, 0.29) is 18.2 Å². The summed E-state index contributed by atoms with van der Waals surface area (Å²) in [4.78, 5) is 37.0. The van der Waals surface area contributed by atoms with Gasteiger partial charge in [0.1, 0.15) is 4.75 Å². The Morgan fingerprint density at radius 2 is 1.79 bits per heavy atom. The second-order valence-corrected chi connectivity index (χ2v) is 12.7. The third-order valence-corrected chi connectivity index (χ3v) is 9.78. The van der Waals surface area contributed by atoms with Crippen LogP contribution in [0.4, 0.5) is 0 Å². The second-order valence-electron chi connectivity index (χ2n) is 10.9. The first kappa shape index (κ1) is 28.8. The molecule has 218 valence electrons. The Labute approximate surface area is 255 Å². The molecule has 0 spiro atoms. The van der Waals surface area contributed by atoms with E-state index >= 15 is 0 Å². The van der Waals surface area contributed by atoms with Crippen molar-refractivity contribution in [3.63, 3.8) is 0 Å². The van der Waals surface area contributed by atoms with Crippen molar-refractivity contribution in [3.05, 3.63) is 101 Å². The van der Waals surface area contributed by atoms with Crippen LogP contribution >= 0.6 is 23.4 Å². The number of fused-ring (bicyclic) bond motifs is 1. The van der Waals surface area contributed by atoms with Gasteiger partial charge in [-0.05, 0) is 42.8 Å². The summed E-state index contributed by atoms with van der Waals surface area (Å²) in [7, 11) is 0. The first-order valence-corrected chi connectivity index (χ1v) is 15.7. The van der Waals surface area contributed by atoms with Crippen LogP contribution in [0.3, 0.4) is 0 Å². The van der Waals surface area contributed by atoms with Gasteiger partial charge in [-0.25, -0.2) is 0 Å². The fourth-order valence-corrected chi connectivity index (χ4v) is 7.68. The minimum absolute atomic E-state index is 0.0425. The van der Waals surface area contributed by atoms with E-state index in [2.05, 4.69) is 15.2 Å². The number of carbonyl (C=O) groups excluding carboxylic acids is 2. The Balaban J connectivity index is 1.37. The number of nitrogens with one attached hydrogen (secondary N) is 2. The third kappa shape index (κ3) is 6.08. The Hall–Kier alpha value is -3.30. The molecule has 2 saturated heterocycles. The molecule has 2 aliphatic rings. The fourth-order valence-electron chi connectivity index (χ4n) is 6.06. The highest BCUT2D eigenvalue weighted by Crippen LogP contribution is 2.54. The minimum Gasteiger partial charge on any atom is -0.379 e. The molecular weight excluding hydrogens is 568 g/mol. The monoisotopic (exact) mass is 602 g/mol. The van der Waals surface area contributed by atoms with Crippen LogP contribution in [-0.2, 0) is 20.9 Å². The van der Waals surface area contributed by atoms with Crippen LogP contribution < -0.4 is 5.32 Å². The molecule has 9 heteroatoms. The van der Waals surface area contributed by atoms with Gasteiger partial charge >= 0.3 is 0 Å². The molecule has 2 aliphatic heterocycles. The predicted molar refractivity (Wildman–Crippen MR) is 168 cm³/mol. The molecule has 7 nitrogen and oxygen atoms in total. The summed E-state index contributed by atoms with van der Waals surface area (Å²) in [6.07, 6.45) is 2.86. The zero-order chi connectivity index (χ0) is 28.9. The number of H-pyrrole nitrogens is 1. The quantitative estimate of drug-likeness (QED) is 0.229. The average Bonchev–Trinajstić information content (AvgIpc) is 3.54. The highest BCUT2D eigenvalue weighted by molar-refractivity contribution is 8.01. The summed E-state index contributed by atoms with van der Waals surface area (Å²) >= 11 is 7.81. The summed E-state index contributed by atoms with van der Waals surface area (Å²) in [5.41, 5.74) is 2.81. The van der Waals surface area contributed by atoms with Crippen molar-refractivity contribution in [1.82, 2.24) is 20.1 Å². The van der Waals surface area contributed by atoms with Gasteiger partial charge < -0.3 is 19.9 Å². The smallest absolute Gasteiger partial charge is 0.239 e. The lowest BCUT2D eigenvalue weighted by atomic mass is 9.91. The molecule has 0 bridgehead atoms. The molecule has 1 aromatic heterocycles. The number of carbonyl (C=O) groups is 2. The number of nitrogens with zero attached hydrogens (tertiary/aromatic N) is 2. The molecule has 3 heterocycles. The van der Waals surface area contributed by atoms with Gasteiger partial charge in [-0.15, -0.1) is 11.8 Å². The number of hydrogen-bond donors (Lipinski definition) is 2. The van der Waals surface area contributed by atoms with Gasteiger partial charge in [-0.1, -0.05) is 66.2 Å². The number of aromatic nitrogens is 1. The van der Waals surface area contributed by atoms with Crippen LogP contribution in [0.5, 0.6) is 0 Å². The first-order valence-electron chi connectivity index (χ1n) is 14.5. The van der Waals surface area contributed by atoms with Gasteiger partial charge in [0.2, 0.25) is 11.8 Å². The van der Waals surface area contributed by atoms with Crippen molar-refractivity contribution in [2.45, 2.75) is 35.1 Å². The average molecular weight is 603 g/mol. The van der Waals surface area contributed by atoms with Gasteiger partial charge in [0, 0.05) is 58.8 Å². The molecule has 0 radical (unpaired) electrons. The summed E-state index contributed by atoms with van der Waals surface area (Å²) in [5, 5.41) is 4.83. The molecule has 2 amide bonds. The minimum atomic E-state index is -1.08. The Bertz CT molecular complexity index is 1530. The van der Waals surface area contributed by atoms with Crippen molar-refractivity contribution in [1.29, 1.82) is 0 Å². The SMILES string of the molecule is O=C1CC(Sc2ccccc2)(C(=O)NCCCN2CCOCC2)C(c2c[nH]c3cc(Cl)ccc23)N1Cc1ccccc1. The highest BCUT2D eigenvalue weighted by atomic mass is 35.5. The molecule has 2 atom stereocenters. The molecule has 0 aliphatic carbocycles. The van der Waals surface area contributed by atoms with Gasteiger partial charge in [-0.3, -0.25) is 14.5 Å². The predicted octanol–water partition coefficient (Wildman–Crippen LogP) is 5.66. The maximum Gasteiger partial charge on any atom is 0.239 e. The van der Waals surface area contributed by atoms with E-state index in [0.29, 0.717) is 18.1 Å². The lowest BCUT2D eigenvalue weighted by molar-refractivity contribution is -0.129. The second kappa shape index (κ2) is 12.9. The number of rotatable bonds is 10. The van der Waals surface area contributed by atoms with Crippen LogP contribution in [0.25, 0.3) is 10.9 Å². The Morgan fingerprint density at radius 1 is 1.05 bits per heavy atom. The maximum absolute atomic E-state index is 14.5. The number of morpholine rings is 1. The molecule has 2 N–H and O–H groups in total. The van der Waals surface area contributed by atoms with E-state index in [1.807, 2.05) is 90.0 Å². The zero-order valence-corrected chi connectivity index (χ0v) is 25.0. The molecular formula is C33H35ClN4O3S. The number of halogens is 1. The van der Waals surface area contributed by atoms with Gasteiger partial charge in [0.15, 0.2) is 0 Å². The summed E-state index contributed by atoms with van der Waals surface area (Å²) in [6, 6.07) is 25.1. The topological polar surface area (TPSA) is 77.7 Å². The largest absolute Gasteiger partial charge is 0.379 e. The zero-order valence-electron chi connectivity index (χ0n) is 23.4. The lowest BCUT2D eigenvalue weighted by Gasteiger charge is -2.36. The Morgan fingerprint density at radius 3 is 2.55 bits per heavy atom. The standard InChI is InChI=1S/C33H35ClN4O3S/c34-25-12-13-27-28(22-36-29(27)20-25)31-33(42-26-10-5-2-6-11-26,21-30(39)38(31)23-24-8-3-1-4-9-24)32(40)35-14-7-15-37-16-18-41-19-17-37/h1-6,8-13,20,22,31,36H,7,14-19,21,23H2,(H,35,40).